The SMILES string of the molecule is CC(C)C[C@H](NC(=O)C1CCCCC1)C(=O)C(=O)N/N=C/c1ccoc1. The van der Waals surface area contributed by atoms with Crippen molar-refractivity contribution in [3.63, 3.8) is 0 Å². The predicted molar refractivity (Wildman–Crippen MR) is 97.4 cm³/mol. The van der Waals surface area contributed by atoms with E-state index in [0.717, 1.165) is 32.1 Å². The quantitative estimate of drug-likeness (QED) is 0.422. The number of carbonyl (C=O) groups is 3. The summed E-state index contributed by atoms with van der Waals surface area (Å²) in [5.41, 5.74) is 2.88. The van der Waals surface area contributed by atoms with Crippen molar-refractivity contribution in [3.8, 4) is 0 Å². The van der Waals surface area contributed by atoms with Gasteiger partial charge in [0.2, 0.25) is 11.7 Å². The number of furan rings is 1. The third-order valence-electron chi connectivity index (χ3n) is 4.46. The molecular formula is C19H27N3O4. The molecule has 1 aliphatic rings. The first-order chi connectivity index (χ1) is 12.5. The molecule has 0 saturated heterocycles. The van der Waals surface area contributed by atoms with E-state index < -0.39 is 17.7 Å². The van der Waals surface area contributed by atoms with E-state index >= 15 is 0 Å². The summed E-state index contributed by atoms with van der Waals surface area (Å²) in [6.45, 7) is 3.89. The number of Topliss-reactive ketones (excluding diaryl/α,β-unsaturated/α-hetero) is 1. The van der Waals surface area contributed by atoms with Crippen molar-refractivity contribution in [3.05, 3.63) is 24.2 Å². The number of hydrogen-bond donors (Lipinski definition) is 2. The lowest BCUT2D eigenvalue weighted by molar-refractivity contribution is -0.140. The summed E-state index contributed by atoms with van der Waals surface area (Å²) in [6.07, 6.45) is 9.63. The maximum Gasteiger partial charge on any atom is 0.309 e. The molecule has 1 aromatic rings. The lowest BCUT2D eigenvalue weighted by Crippen LogP contribution is -2.49. The molecule has 2 amide bonds. The smallest absolute Gasteiger partial charge is 0.309 e. The summed E-state index contributed by atoms with van der Waals surface area (Å²) in [5.74, 6) is -1.53. The van der Waals surface area contributed by atoms with E-state index in [1.165, 1.54) is 18.7 Å². The van der Waals surface area contributed by atoms with Crippen LogP contribution in [0.2, 0.25) is 0 Å². The lowest BCUT2D eigenvalue weighted by atomic mass is 9.88. The van der Waals surface area contributed by atoms with E-state index in [2.05, 4.69) is 15.8 Å². The third-order valence-corrected chi connectivity index (χ3v) is 4.46. The third kappa shape index (κ3) is 6.13. The molecule has 2 N–H and O–H groups in total. The number of hydrogen-bond acceptors (Lipinski definition) is 5. The van der Waals surface area contributed by atoms with Crippen LogP contribution in [0.5, 0.6) is 0 Å². The second kappa shape index (κ2) is 9.89. The van der Waals surface area contributed by atoms with Crippen molar-refractivity contribution < 1.29 is 18.8 Å². The van der Waals surface area contributed by atoms with Crippen molar-refractivity contribution in [1.82, 2.24) is 10.7 Å². The Hall–Kier alpha value is -2.44. The molecular weight excluding hydrogens is 334 g/mol. The van der Waals surface area contributed by atoms with Gasteiger partial charge in [0.1, 0.15) is 0 Å². The van der Waals surface area contributed by atoms with Crippen molar-refractivity contribution in [2.45, 2.75) is 58.4 Å². The minimum absolute atomic E-state index is 0.0617. The Morgan fingerprint density at radius 2 is 2.00 bits per heavy atom. The molecule has 1 heterocycles. The van der Waals surface area contributed by atoms with Gasteiger partial charge in [-0.3, -0.25) is 14.4 Å². The monoisotopic (exact) mass is 361 g/mol. The lowest BCUT2D eigenvalue weighted by Gasteiger charge is -2.24. The Labute approximate surface area is 153 Å². The molecule has 1 aromatic heterocycles. The van der Waals surface area contributed by atoms with E-state index in [9.17, 15) is 14.4 Å². The molecule has 7 nitrogen and oxygen atoms in total. The number of carbonyl (C=O) groups excluding carboxylic acids is 3. The Balaban J connectivity index is 1.93. The summed E-state index contributed by atoms with van der Waals surface area (Å²) >= 11 is 0. The highest BCUT2D eigenvalue weighted by Crippen LogP contribution is 2.24. The molecule has 2 rings (SSSR count). The minimum Gasteiger partial charge on any atom is -0.472 e. The van der Waals surface area contributed by atoms with Gasteiger partial charge in [-0.1, -0.05) is 33.1 Å². The van der Waals surface area contributed by atoms with Crippen molar-refractivity contribution in [2.24, 2.45) is 16.9 Å². The van der Waals surface area contributed by atoms with Crippen molar-refractivity contribution >= 4 is 23.8 Å². The van der Waals surface area contributed by atoms with Crippen LogP contribution in [-0.2, 0) is 14.4 Å². The van der Waals surface area contributed by atoms with Gasteiger partial charge in [0.05, 0.1) is 24.8 Å². The molecule has 0 aliphatic heterocycles. The van der Waals surface area contributed by atoms with E-state index in [1.54, 1.807) is 6.07 Å². The molecule has 0 spiro atoms. The maximum atomic E-state index is 12.5. The fourth-order valence-corrected chi connectivity index (χ4v) is 3.08. The van der Waals surface area contributed by atoms with Crippen LogP contribution in [-0.4, -0.2) is 29.9 Å². The molecule has 0 bridgehead atoms. The summed E-state index contributed by atoms with van der Waals surface area (Å²) in [7, 11) is 0. The maximum absolute atomic E-state index is 12.5. The number of hydrazone groups is 1. The van der Waals surface area contributed by atoms with Crippen LogP contribution < -0.4 is 10.7 Å². The van der Waals surface area contributed by atoms with Gasteiger partial charge >= 0.3 is 5.91 Å². The van der Waals surface area contributed by atoms with Gasteiger partial charge in [-0.05, 0) is 31.2 Å². The number of nitrogens with zero attached hydrogens (tertiary/aromatic N) is 1. The Morgan fingerprint density at radius 3 is 2.62 bits per heavy atom. The van der Waals surface area contributed by atoms with Crippen LogP contribution in [0, 0.1) is 11.8 Å². The highest BCUT2D eigenvalue weighted by molar-refractivity contribution is 6.38. The van der Waals surface area contributed by atoms with Gasteiger partial charge in [0.15, 0.2) is 0 Å². The van der Waals surface area contributed by atoms with Crippen LogP contribution in [0.4, 0.5) is 0 Å². The standard InChI is InChI=1S/C19H27N3O4/c1-13(2)10-16(21-18(24)15-6-4-3-5-7-15)17(23)19(25)22-20-11-14-8-9-26-12-14/h8-9,11-13,15-16H,3-7,10H2,1-2H3,(H,21,24)(H,22,25)/b20-11+/t16-/m0/s1. The Kier molecular flexibility index (Phi) is 7.56. The average Bonchev–Trinajstić information content (AvgIpc) is 3.14. The normalized spacial score (nSPS) is 16.6. The largest absolute Gasteiger partial charge is 0.472 e. The number of rotatable bonds is 8. The van der Waals surface area contributed by atoms with Crippen LogP contribution in [0.15, 0.2) is 28.1 Å². The summed E-state index contributed by atoms with van der Waals surface area (Å²) in [5, 5.41) is 6.53. The van der Waals surface area contributed by atoms with E-state index in [4.69, 9.17) is 4.42 Å². The van der Waals surface area contributed by atoms with Crippen molar-refractivity contribution in [1.29, 1.82) is 0 Å². The van der Waals surface area contributed by atoms with Crippen LogP contribution >= 0.6 is 0 Å². The summed E-state index contributed by atoms with van der Waals surface area (Å²) < 4.78 is 4.88. The molecule has 0 unspecified atom stereocenters. The number of ketones is 1. The molecule has 142 valence electrons. The van der Waals surface area contributed by atoms with Gasteiger partial charge in [-0.15, -0.1) is 0 Å². The minimum atomic E-state index is -0.834. The zero-order valence-electron chi connectivity index (χ0n) is 15.4. The second-order valence-corrected chi connectivity index (χ2v) is 7.15. The highest BCUT2D eigenvalue weighted by Gasteiger charge is 2.30. The molecule has 1 aliphatic carbocycles. The zero-order chi connectivity index (χ0) is 18.9. The van der Waals surface area contributed by atoms with E-state index in [1.807, 2.05) is 13.8 Å². The number of amides is 2. The summed E-state index contributed by atoms with van der Waals surface area (Å²) in [4.78, 5) is 37.0. The van der Waals surface area contributed by atoms with Gasteiger partial charge in [-0.2, -0.15) is 5.10 Å². The fourth-order valence-electron chi connectivity index (χ4n) is 3.08. The highest BCUT2D eigenvalue weighted by atomic mass is 16.3. The van der Waals surface area contributed by atoms with Gasteiger partial charge in [-0.25, -0.2) is 5.43 Å². The second-order valence-electron chi connectivity index (χ2n) is 7.15. The molecule has 1 fully saturated rings. The first-order valence-corrected chi connectivity index (χ1v) is 9.17. The molecule has 1 atom stereocenters. The van der Waals surface area contributed by atoms with Gasteiger partial charge < -0.3 is 9.73 Å². The van der Waals surface area contributed by atoms with E-state index in [-0.39, 0.29) is 17.7 Å². The van der Waals surface area contributed by atoms with Crippen LogP contribution in [0.1, 0.15) is 57.9 Å². The first-order valence-electron chi connectivity index (χ1n) is 9.17. The molecule has 26 heavy (non-hydrogen) atoms. The number of nitrogens with one attached hydrogen (secondary N) is 2. The summed E-state index contributed by atoms with van der Waals surface area (Å²) in [6, 6.07) is 0.845. The predicted octanol–water partition coefficient (Wildman–Crippen LogP) is 2.41. The molecule has 0 radical (unpaired) electrons. The van der Waals surface area contributed by atoms with E-state index in [0.29, 0.717) is 12.0 Å². The molecule has 7 heteroatoms. The first kappa shape index (κ1) is 19.9. The molecule has 1 saturated carbocycles. The molecule has 0 aromatic carbocycles. The fraction of sp³-hybridized carbons (Fsp3) is 0.579. The van der Waals surface area contributed by atoms with Crippen LogP contribution in [0.25, 0.3) is 0 Å². The Morgan fingerprint density at radius 1 is 1.27 bits per heavy atom. The Bertz CT molecular complexity index is 631. The average molecular weight is 361 g/mol. The topological polar surface area (TPSA) is 101 Å². The van der Waals surface area contributed by atoms with Crippen LogP contribution in [0.3, 0.4) is 0 Å². The zero-order valence-corrected chi connectivity index (χ0v) is 15.4. The van der Waals surface area contributed by atoms with Gasteiger partial charge in [0, 0.05) is 11.5 Å². The van der Waals surface area contributed by atoms with Gasteiger partial charge in [0.25, 0.3) is 0 Å². The van der Waals surface area contributed by atoms with Crippen molar-refractivity contribution in [2.75, 3.05) is 0 Å².